The Hall–Kier alpha value is -1.91. The number of nitrogens with one attached hydrogen (secondary N) is 1. The molecule has 19 heavy (non-hydrogen) atoms. The first kappa shape index (κ1) is 13.5. The van der Waals surface area contributed by atoms with Crippen LogP contribution in [0.2, 0.25) is 0 Å². The number of anilines is 1. The highest BCUT2D eigenvalue weighted by molar-refractivity contribution is 5.62. The molecule has 2 aromatic heterocycles. The first-order valence-corrected chi connectivity index (χ1v) is 6.70. The fraction of sp³-hybridized carbons (Fsp3) is 0.500. The van der Waals surface area contributed by atoms with Gasteiger partial charge >= 0.3 is 0 Å². The molecule has 0 aliphatic carbocycles. The molecule has 0 aromatic carbocycles. The Labute approximate surface area is 113 Å². The van der Waals surface area contributed by atoms with E-state index in [0.29, 0.717) is 5.82 Å². The molecule has 0 amide bonds. The van der Waals surface area contributed by atoms with Crippen molar-refractivity contribution in [2.75, 3.05) is 11.9 Å². The molecule has 0 saturated carbocycles. The fourth-order valence-corrected chi connectivity index (χ4v) is 2.07. The molecule has 0 saturated heterocycles. The van der Waals surface area contributed by atoms with E-state index >= 15 is 0 Å². The van der Waals surface area contributed by atoms with Crippen LogP contribution < -0.4 is 5.32 Å². The van der Waals surface area contributed by atoms with Crippen molar-refractivity contribution in [1.29, 1.82) is 0 Å². The van der Waals surface area contributed by atoms with Gasteiger partial charge in [0.15, 0.2) is 5.82 Å². The maximum absolute atomic E-state index is 5.20. The van der Waals surface area contributed by atoms with Crippen LogP contribution in [0.1, 0.15) is 37.4 Å². The third-order valence-corrected chi connectivity index (χ3v) is 2.90. The van der Waals surface area contributed by atoms with Crippen molar-refractivity contribution in [2.45, 2.75) is 40.5 Å². The summed E-state index contributed by atoms with van der Waals surface area (Å²) in [6, 6.07) is 2.01. The Balaban J connectivity index is 2.49. The Bertz CT molecular complexity index is 519. The van der Waals surface area contributed by atoms with Gasteiger partial charge in [-0.2, -0.15) is 0 Å². The lowest BCUT2D eigenvalue weighted by molar-refractivity contribution is 0.393. The van der Waals surface area contributed by atoms with Crippen molar-refractivity contribution in [3.63, 3.8) is 0 Å². The molecule has 0 spiro atoms. The third-order valence-electron chi connectivity index (χ3n) is 2.90. The molecule has 102 valence electrons. The predicted molar refractivity (Wildman–Crippen MR) is 75.2 cm³/mol. The molecule has 0 aliphatic heterocycles. The monoisotopic (exact) mass is 260 g/mol. The third kappa shape index (κ3) is 2.92. The summed E-state index contributed by atoms with van der Waals surface area (Å²) in [5, 5.41) is 7.21. The van der Waals surface area contributed by atoms with Gasteiger partial charge in [0.25, 0.3) is 0 Å². The van der Waals surface area contributed by atoms with Crippen LogP contribution in [0.5, 0.6) is 0 Å². The van der Waals surface area contributed by atoms with E-state index in [1.807, 2.05) is 19.9 Å². The van der Waals surface area contributed by atoms with Gasteiger partial charge in [-0.3, -0.25) is 0 Å². The number of nitrogens with zero attached hydrogens (tertiary/aromatic N) is 3. The Kier molecular flexibility index (Phi) is 4.14. The van der Waals surface area contributed by atoms with E-state index < -0.39 is 0 Å². The van der Waals surface area contributed by atoms with Crippen molar-refractivity contribution in [1.82, 2.24) is 15.1 Å². The van der Waals surface area contributed by atoms with E-state index in [4.69, 9.17) is 4.52 Å². The summed E-state index contributed by atoms with van der Waals surface area (Å²) >= 11 is 0. The van der Waals surface area contributed by atoms with E-state index in [-0.39, 0.29) is 0 Å². The molecule has 2 heterocycles. The second-order valence-electron chi connectivity index (χ2n) is 4.55. The van der Waals surface area contributed by atoms with E-state index in [0.717, 1.165) is 47.9 Å². The van der Waals surface area contributed by atoms with E-state index in [1.165, 1.54) is 0 Å². The van der Waals surface area contributed by atoms with Crippen molar-refractivity contribution >= 4 is 5.82 Å². The zero-order valence-electron chi connectivity index (χ0n) is 11.9. The normalized spacial score (nSPS) is 10.7. The first-order valence-electron chi connectivity index (χ1n) is 6.70. The predicted octanol–water partition coefficient (Wildman–Crippen LogP) is 3.13. The number of aromatic nitrogens is 3. The number of hydrogen-bond donors (Lipinski definition) is 1. The molecule has 5 heteroatoms. The SMILES string of the molecule is CCCc1cc(NCC)nc(-c2c(C)noc2C)n1. The second-order valence-corrected chi connectivity index (χ2v) is 4.55. The molecule has 0 bridgehead atoms. The van der Waals surface area contributed by atoms with Crippen LogP contribution in [0.25, 0.3) is 11.4 Å². The molecule has 0 atom stereocenters. The molecule has 5 nitrogen and oxygen atoms in total. The van der Waals surface area contributed by atoms with E-state index in [1.54, 1.807) is 0 Å². The smallest absolute Gasteiger partial charge is 0.167 e. The zero-order valence-corrected chi connectivity index (χ0v) is 11.9. The van der Waals surface area contributed by atoms with Crippen LogP contribution in [-0.2, 0) is 6.42 Å². The van der Waals surface area contributed by atoms with Crippen molar-refractivity contribution in [3.8, 4) is 11.4 Å². The number of aryl methyl sites for hydroxylation is 3. The largest absolute Gasteiger partial charge is 0.370 e. The topological polar surface area (TPSA) is 63.8 Å². The summed E-state index contributed by atoms with van der Waals surface area (Å²) in [6.45, 7) is 8.83. The van der Waals surface area contributed by atoms with Crippen LogP contribution in [0.15, 0.2) is 10.6 Å². The number of hydrogen-bond acceptors (Lipinski definition) is 5. The lowest BCUT2D eigenvalue weighted by Crippen LogP contribution is -2.04. The van der Waals surface area contributed by atoms with Crippen LogP contribution in [0.4, 0.5) is 5.82 Å². The van der Waals surface area contributed by atoms with Crippen LogP contribution in [0, 0.1) is 13.8 Å². The van der Waals surface area contributed by atoms with Gasteiger partial charge in [0, 0.05) is 18.3 Å². The Morgan fingerprint density at radius 2 is 2.00 bits per heavy atom. The van der Waals surface area contributed by atoms with E-state index in [2.05, 4.69) is 34.3 Å². The summed E-state index contributed by atoms with van der Waals surface area (Å²) in [5.74, 6) is 2.31. The summed E-state index contributed by atoms with van der Waals surface area (Å²) in [6.07, 6.45) is 2.00. The fourth-order valence-electron chi connectivity index (χ4n) is 2.07. The molecule has 0 fully saturated rings. The molecular weight excluding hydrogens is 240 g/mol. The molecule has 2 aromatic rings. The van der Waals surface area contributed by atoms with Gasteiger partial charge < -0.3 is 9.84 Å². The molecule has 0 aliphatic rings. The summed E-state index contributed by atoms with van der Waals surface area (Å²) < 4.78 is 5.20. The van der Waals surface area contributed by atoms with Gasteiger partial charge in [-0.25, -0.2) is 9.97 Å². The van der Waals surface area contributed by atoms with Gasteiger partial charge in [0.2, 0.25) is 0 Å². The maximum Gasteiger partial charge on any atom is 0.167 e. The van der Waals surface area contributed by atoms with Crippen LogP contribution in [0.3, 0.4) is 0 Å². The molecule has 2 rings (SSSR count). The highest BCUT2D eigenvalue weighted by Crippen LogP contribution is 2.25. The second kappa shape index (κ2) is 5.82. The van der Waals surface area contributed by atoms with Gasteiger partial charge in [-0.1, -0.05) is 18.5 Å². The highest BCUT2D eigenvalue weighted by atomic mass is 16.5. The average Bonchev–Trinajstić information content (AvgIpc) is 2.69. The Morgan fingerprint density at radius 3 is 2.58 bits per heavy atom. The van der Waals surface area contributed by atoms with Crippen molar-refractivity contribution < 1.29 is 4.52 Å². The van der Waals surface area contributed by atoms with Crippen LogP contribution >= 0.6 is 0 Å². The van der Waals surface area contributed by atoms with Gasteiger partial charge in [0.05, 0.1) is 11.3 Å². The summed E-state index contributed by atoms with van der Waals surface area (Å²) in [7, 11) is 0. The van der Waals surface area contributed by atoms with E-state index in [9.17, 15) is 0 Å². The molecular formula is C14H20N4O. The average molecular weight is 260 g/mol. The lowest BCUT2D eigenvalue weighted by atomic mass is 10.1. The first-order chi connectivity index (χ1) is 9.15. The van der Waals surface area contributed by atoms with Crippen molar-refractivity contribution in [2.24, 2.45) is 0 Å². The van der Waals surface area contributed by atoms with Crippen LogP contribution in [-0.4, -0.2) is 21.7 Å². The highest BCUT2D eigenvalue weighted by Gasteiger charge is 2.15. The summed E-state index contributed by atoms with van der Waals surface area (Å²) in [5.41, 5.74) is 2.77. The molecule has 0 unspecified atom stereocenters. The molecule has 0 radical (unpaired) electrons. The standard InChI is InChI=1S/C14H20N4O/c1-5-7-11-8-12(15-6-2)17-14(16-11)13-9(3)18-19-10(13)4/h8H,5-7H2,1-4H3,(H,15,16,17). The number of rotatable bonds is 5. The van der Waals surface area contributed by atoms with Gasteiger partial charge in [0.1, 0.15) is 11.6 Å². The Morgan fingerprint density at radius 1 is 1.21 bits per heavy atom. The van der Waals surface area contributed by atoms with Gasteiger partial charge in [-0.15, -0.1) is 0 Å². The minimum absolute atomic E-state index is 0.693. The quantitative estimate of drug-likeness (QED) is 0.894. The van der Waals surface area contributed by atoms with Crippen molar-refractivity contribution in [3.05, 3.63) is 23.2 Å². The minimum Gasteiger partial charge on any atom is -0.370 e. The lowest BCUT2D eigenvalue weighted by Gasteiger charge is -2.08. The van der Waals surface area contributed by atoms with Gasteiger partial charge in [-0.05, 0) is 27.2 Å². The zero-order chi connectivity index (χ0) is 13.8. The molecule has 1 N–H and O–H groups in total. The minimum atomic E-state index is 0.693. The summed E-state index contributed by atoms with van der Waals surface area (Å²) in [4.78, 5) is 9.17. The maximum atomic E-state index is 5.20.